The van der Waals surface area contributed by atoms with Crippen LogP contribution < -0.4 is 5.32 Å². The number of amides is 1. The smallest absolute Gasteiger partial charge is 0.230 e. The molecule has 2 heteroatoms. The molecule has 0 heterocycles. The second kappa shape index (κ2) is 7.30. The molecular formula is C20H29NO. The van der Waals surface area contributed by atoms with Crippen LogP contribution in [0.1, 0.15) is 76.2 Å². The lowest BCUT2D eigenvalue weighted by molar-refractivity contribution is -0.127. The Hall–Kier alpha value is -1.31. The second-order valence-corrected chi connectivity index (χ2v) is 7.17. The average molecular weight is 299 g/mol. The molecule has 2 fully saturated rings. The summed E-state index contributed by atoms with van der Waals surface area (Å²) in [7, 11) is 0. The zero-order chi connectivity index (χ0) is 15.3. The van der Waals surface area contributed by atoms with Crippen LogP contribution in [0.25, 0.3) is 0 Å². The van der Waals surface area contributed by atoms with E-state index < -0.39 is 0 Å². The maximum Gasteiger partial charge on any atom is 0.230 e. The molecule has 0 aromatic heterocycles. The van der Waals surface area contributed by atoms with Gasteiger partial charge in [-0.25, -0.2) is 0 Å². The van der Waals surface area contributed by atoms with Gasteiger partial charge in [-0.05, 0) is 31.2 Å². The summed E-state index contributed by atoms with van der Waals surface area (Å²) in [5.41, 5.74) is 0.958. The second-order valence-electron chi connectivity index (χ2n) is 7.17. The Balaban J connectivity index is 1.73. The normalized spacial score (nSPS) is 22.7. The van der Waals surface area contributed by atoms with E-state index in [0.29, 0.717) is 11.9 Å². The van der Waals surface area contributed by atoms with Crippen molar-refractivity contribution in [1.82, 2.24) is 5.32 Å². The lowest BCUT2D eigenvalue weighted by atomic mass is 9.77. The molecule has 1 amide bonds. The Morgan fingerprint density at radius 2 is 1.45 bits per heavy atom. The minimum atomic E-state index is -0.260. The van der Waals surface area contributed by atoms with Crippen molar-refractivity contribution in [2.24, 2.45) is 0 Å². The molecule has 0 bridgehead atoms. The van der Waals surface area contributed by atoms with Gasteiger partial charge in [0.25, 0.3) is 0 Å². The molecule has 3 rings (SSSR count). The topological polar surface area (TPSA) is 29.1 Å². The van der Waals surface area contributed by atoms with Crippen molar-refractivity contribution in [1.29, 1.82) is 0 Å². The highest BCUT2D eigenvalue weighted by Crippen LogP contribution is 2.41. The molecular weight excluding hydrogens is 270 g/mol. The molecule has 0 aliphatic heterocycles. The molecule has 1 N–H and O–H groups in total. The van der Waals surface area contributed by atoms with Gasteiger partial charge in [0.2, 0.25) is 5.91 Å². The fraction of sp³-hybridized carbons (Fsp3) is 0.650. The Morgan fingerprint density at radius 1 is 0.864 bits per heavy atom. The zero-order valence-electron chi connectivity index (χ0n) is 13.7. The first-order valence-electron chi connectivity index (χ1n) is 9.18. The van der Waals surface area contributed by atoms with Gasteiger partial charge < -0.3 is 5.32 Å². The number of carbonyl (C=O) groups excluding carboxylic acids is 1. The van der Waals surface area contributed by atoms with Gasteiger partial charge in [0, 0.05) is 6.04 Å². The van der Waals surface area contributed by atoms with Crippen molar-refractivity contribution < 1.29 is 4.79 Å². The number of rotatable bonds is 3. The van der Waals surface area contributed by atoms with Crippen LogP contribution in [0.2, 0.25) is 0 Å². The van der Waals surface area contributed by atoms with E-state index >= 15 is 0 Å². The van der Waals surface area contributed by atoms with E-state index in [1.54, 1.807) is 0 Å². The van der Waals surface area contributed by atoms with Gasteiger partial charge >= 0.3 is 0 Å². The third-order valence-electron chi connectivity index (χ3n) is 5.66. The number of nitrogens with one attached hydrogen (secondary N) is 1. The Morgan fingerprint density at radius 3 is 2.09 bits per heavy atom. The molecule has 0 saturated heterocycles. The predicted octanol–water partition coefficient (Wildman–Crippen LogP) is 4.73. The summed E-state index contributed by atoms with van der Waals surface area (Å²) in [5.74, 6) is 0.293. The third-order valence-corrected chi connectivity index (χ3v) is 5.66. The minimum absolute atomic E-state index is 0.260. The Labute approximate surface area is 134 Å². The maximum absolute atomic E-state index is 13.1. The molecule has 0 radical (unpaired) electrons. The largest absolute Gasteiger partial charge is 0.353 e. The molecule has 2 aliphatic rings. The highest BCUT2D eigenvalue weighted by molar-refractivity contribution is 5.88. The van der Waals surface area contributed by atoms with Gasteiger partial charge in [0.1, 0.15) is 0 Å². The van der Waals surface area contributed by atoms with Crippen molar-refractivity contribution in [3.8, 4) is 0 Å². The third kappa shape index (κ3) is 3.37. The molecule has 1 aromatic rings. The highest BCUT2D eigenvalue weighted by atomic mass is 16.2. The van der Waals surface area contributed by atoms with Crippen LogP contribution in [0.15, 0.2) is 30.3 Å². The molecule has 0 spiro atoms. The van der Waals surface area contributed by atoms with Crippen LogP contribution in [0, 0.1) is 0 Å². The predicted molar refractivity (Wildman–Crippen MR) is 90.8 cm³/mol. The summed E-state index contributed by atoms with van der Waals surface area (Å²) in [6.45, 7) is 0. The first-order chi connectivity index (χ1) is 10.8. The van der Waals surface area contributed by atoms with Crippen molar-refractivity contribution >= 4 is 5.91 Å². The fourth-order valence-corrected chi connectivity index (χ4v) is 4.31. The SMILES string of the molecule is O=C(NC1CCCCCCC1)C1(c2ccccc2)CCCC1. The van der Waals surface area contributed by atoms with E-state index in [1.165, 1.54) is 50.5 Å². The van der Waals surface area contributed by atoms with Crippen molar-refractivity contribution in [2.45, 2.75) is 82.1 Å². The minimum Gasteiger partial charge on any atom is -0.353 e. The molecule has 0 atom stereocenters. The number of benzene rings is 1. The fourth-order valence-electron chi connectivity index (χ4n) is 4.31. The van der Waals surface area contributed by atoms with Gasteiger partial charge in [-0.3, -0.25) is 4.79 Å². The van der Waals surface area contributed by atoms with Gasteiger partial charge in [0.05, 0.1) is 5.41 Å². The van der Waals surface area contributed by atoms with Crippen LogP contribution in [0.3, 0.4) is 0 Å². The number of carbonyl (C=O) groups is 1. The Bertz CT molecular complexity index is 468. The lowest BCUT2D eigenvalue weighted by Crippen LogP contribution is -2.47. The molecule has 22 heavy (non-hydrogen) atoms. The summed E-state index contributed by atoms with van der Waals surface area (Å²) in [6, 6.07) is 10.9. The monoisotopic (exact) mass is 299 g/mol. The molecule has 0 unspecified atom stereocenters. The first-order valence-corrected chi connectivity index (χ1v) is 9.18. The van der Waals surface area contributed by atoms with Crippen LogP contribution in [-0.2, 0) is 10.2 Å². The first kappa shape index (κ1) is 15.6. The van der Waals surface area contributed by atoms with Gasteiger partial charge in [-0.2, -0.15) is 0 Å². The summed E-state index contributed by atoms with van der Waals surface area (Å²) < 4.78 is 0. The van der Waals surface area contributed by atoms with Crippen LogP contribution in [0.4, 0.5) is 0 Å². The van der Waals surface area contributed by atoms with E-state index in [1.807, 2.05) is 6.07 Å². The average Bonchev–Trinajstić information content (AvgIpc) is 3.01. The molecule has 2 nitrogen and oxygen atoms in total. The van der Waals surface area contributed by atoms with Crippen molar-refractivity contribution in [3.63, 3.8) is 0 Å². The van der Waals surface area contributed by atoms with Crippen LogP contribution in [-0.4, -0.2) is 11.9 Å². The highest BCUT2D eigenvalue weighted by Gasteiger charge is 2.43. The van der Waals surface area contributed by atoms with Crippen LogP contribution >= 0.6 is 0 Å². The van der Waals surface area contributed by atoms with E-state index in [0.717, 1.165) is 25.7 Å². The van der Waals surface area contributed by atoms with E-state index in [4.69, 9.17) is 0 Å². The summed E-state index contributed by atoms with van der Waals surface area (Å²) >= 11 is 0. The summed E-state index contributed by atoms with van der Waals surface area (Å²) in [6.07, 6.45) is 13.3. The van der Waals surface area contributed by atoms with Gasteiger partial charge in [-0.1, -0.05) is 75.3 Å². The maximum atomic E-state index is 13.1. The van der Waals surface area contributed by atoms with E-state index in [-0.39, 0.29) is 5.41 Å². The summed E-state index contributed by atoms with van der Waals surface area (Å²) in [4.78, 5) is 13.1. The van der Waals surface area contributed by atoms with E-state index in [9.17, 15) is 4.79 Å². The quantitative estimate of drug-likeness (QED) is 0.859. The van der Waals surface area contributed by atoms with Gasteiger partial charge in [0.15, 0.2) is 0 Å². The Kier molecular flexibility index (Phi) is 5.17. The molecule has 1 aromatic carbocycles. The van der Waals surface area contributed by atoms with Gasteiger partial charge in [-0.15, -0.1) is 0 Å². The molecule has 2 aliphatic carbocycles. The number of hydrogen-bond acceptors (Lipinski definition) is 1. The van der Waals surface area contributed by atoms with Crippen LogP contribution in [0.5, 0.6) is 0 Å². The summed E-state index contributed by atoms with van der Waals surface area (Å²) in [5, 5.41) is 3.43. The standard InChI is InChI=1S/C20H29NO/c22-19(21-18-13-7-2-1-3-8-14-18)20(15-9-10-16-20)17-11-5-4-6-12-17/h4-6,11-12,18H,1-3,7-10,13-16H2,(H,21,22). The zero-order valence-corrected chi connectivity index (χ0v) is 13.7. The number of hydrogen-bond donors (Lipinski definition) is 1. The molecule has 120 valence electrons. The van der Waals surface area contributed by atoms with E-state index in [2.05, 4.69) is 29.6 Å². The molecule has 2 saturated carbocycles. The van der Waals surface area contributed by atoms with Crippen molar-refractivity contribution in [2.75, 3.05) is 0 Å². The lowest BCUT2D eigenvalue weighted by Gasteiger charge is -2.31. The van der Waals surface area contributed by atoms with Crippen molar-refractivity contribution in [3.05, 3.63) is 35.9 Å².